The van der Waals surface area contributed by atoms with Crippen LogP contribution >= 0.6 is 0 Å². The van der Waals surface area contributed by atoms with Gasteiger partial charge in [-0.3, -0.25) is 0 Å². The number of nitrogens with zero attached hydrogens (tertiary/aromatic N) is 4. The van der Waals surface area contributed by atoms with E-state index in [-0.39, 0.29) is 5.92 Å². The highest BCUT2D eigenvalue weighted by Gasteiger charge is 2.24. The Bertz CT molecular complexity index is 805. The lowest BCUT2D eigenvalue weighted by Gasteiger charge is -2.07. The largest absolute Gasteiger partial charge is 0.494 e. The van der Waals surface area contributed by atoms with Crippen molar-refractivity contribution in [2.45, 2.75) is 12.3 Å². The molecule has 0 bridgehead atoms. The molecule has 0 spiro atoms. The van der Waals surface area contributed by atoms with Crippen LogP contribution in [0, 0.1) is 0 Å². The van der Waals surface area contributed by atoms with Gasteiger partial charge in [0.2, 0.25) is 0 Å². The summed E-state index contributed by atoms with van der Waals surface area (Å²) in [6.07, 6.45) is 4.48. The first-order valence-corrected chi connectivity index (χ1v) is 7.45. The van der Waals surface area contributed by atoms with Gasteiger partial charge in [-0.2, -0.15) is 10.1 Å². The molecule has 1 unspecified atom stereocenters. The minimum absolute atomic E-state index is 0.219. The second-order valence-corrected chi connectivity index (χ2v) is 5.36. The maximum absolute atomic E-state index is 5.37. The van der Waals surface area contributed by atoms with E-state index < -0.39 is 0 Å². The van der Waals surface area contributed by atoms with Crippen molar-refractivity contribution in [2.24, 2.45) is 0 Å². The van der Waals surface area contributed by atoms with Gasteiger partial charge in [-0.15, -0.1) is 0 Å². The summed E-state index contributed by atoms with van der Waals surface area (Å²) in [6.45, 7) is 1.40. The highest BCUT2D eigenvalue weighted by Crippen LogP contribution is 2.27. The summed E-state index contributed by atoms with van der Waals surface area (Å²) in [6, 6.07) is 7.68. The van der Waals surface area contributed by atoms with Gasteiger partial charge in [-0.1, -0.05) is 17.3 Å². The van der Waals surface area contributed by atoms with E-state index in [1.807, 2.05) is 30.5 Å². The molecule has 1 saturated heterocycles. The van der Waals surface area contributed by atoms with E-state index in [1.54, 1.807) is 18.0 Å². The third-order valence-corrected chi connectivity index (χ3v) is 3.90. The Hall–Kier alpha value is -2.67. The normalized spacial score (nSPS) is 17.5. The van der Waals surface area contributed by atoms with E-state index >= 15 is 0 Å². The van der Waals surface area contributed by atoms with E-state index in [4.69, 9.17) is 14.0 Å². The van der Waals surface area contributed by atoms with Crippen LogP contribution in [0.25, 0.3) is 17.1 Å². The van der Waals surface area contributed by atoms with Gasteiger partial charge in [0.1, 0.15) is 11.4 Å². The Labute approximate surface area is 132 Å². The molecule has 2 aromatic heterocycles. The van der Waals surface area contributed by atoms with Gasteiger partial charge in [0.05, 0.1) is 25.5 Å². The average Bonchev–Trinajstić information content (AvgIpc) is 3.34. The lowest BCUT2D eigenvalue weighted by atomic mass is 10.1. The molecule has 4 rings (SSSR count). The first kappa shape index (κ1) is 14.0. The highest BCUT2D eigenvalue weighted by atomic mass is 16.5. The summed E-state index contributed by atoms with van der Waals surface area (Å²) in [5.41, 5.74) is 1.62. The zero-order valence-electron chi connectivity index (χ0n) is 12.7. The molecule has 3 aromatic rings. The molecule has 1 aliphatic rings. The lowest BCUT2D eigenvalue weighted by molar-refractivity contribution is 0.192. The van der Waals surface area contributed by atoms with E-state index in [2.05, 4.69) is 15.2 Å². The molecular weight excluding hydrogens is 296 g/mol. The molecule has 0 N–H and O–H groups in total. The number of benzene rings is 1. The molecule has 7 heteroatoms. The summed E-state index contributed by atoms with van der Waals surface area (Å²) in [7, 11) is 1.64. The van der Waals surface area contributed by atoms with Gasteiger partial charge < -0.3 is 14.0 Å². The van der Waals surface area contributed by atoms with E-state index in [1.165, 1.54) is 0 Å². The van der Waals surface area contributed by atoms with Crippen LogP contribution in [0.15, 0.2) is 41.2 Å². The van der Waals surface area contributed by atoms with Crippen LogP contribution in [0.5, 0.6) is 5.75 Å². The van der Waals surface area contributed by atoms with Crippen molar-refractivity contribution in [2.75, 3.05) is 20.3 Å². The molecule has 0 aliphatic carbocycles. The zero-order valence-corrected chi connectivity index (χ0v) is 12.7. The second kappa shape index (κ2) is 5.85. The standard InChI is InChI=1S/C16H16N4O3/c1-21-14-5-3-2-4-13(14)20-9-12(8-17-20)16-18-15(19-23-16)11-6-7-22-10-11/h2-5,8-9,11H,6-7,10H2,1H3. The highest BCUT2D eigenvalue weighted by molar-refractivity contribution is 5.53. The summed E-state index contributed by atoms with van der Waals surface area (Å²) >= 11 is 0. The quantitative estimate of drug-likeness (QED) is 0.736. The van der Waals surface area contributed by atoms with Crippen LogP contribution in [0.4, 0.5) is 0 Å². The fourth-order valence-electron chi connectivity index (χ4n) is 2.64. The third-order valence-electron chi connectivity index (χ3n) is 3.90. The Morgan fingerprint density at radius 3 is 3.04 bits per heavy atom. The topological polar surface area (TPSA) is 75.2 Å². The predicted molar refractivity (Wildman–Crippen MR) is 81.6 cm³/mol. The number of hydrogen-bond acceptors (Lipinski definition) is 6. The summed E-state index contributed by atoms with van der Waals surface area (Å²) in [4.78, 5) is 4.47. The van der Waals surface area contributed by atoms with Crippen LogP contribution in [0.3, 0.4) is 0 Å². The molecule has 1 fully saturated rings. The van der Waals surface area contributed by atoms with Crippen molar-refractivity contribution in [1.82, 2.24) is 19.9 Å². The minimum Gasteiger partial charge on any atom is -0.494 e. The average molecular weight is 312 g/mol. The van der Waals surface area contributed by atoms with E-state index in [9.17, 15) is 0 Å². The van der Waals surface area contributed by atoms with Crippen LogP contribution in [-0.2, 0) is 4.74 Å². The van der Waals surface area contributed by atoms with Gasteiger partial charge >= 0.3 is 0 Å². The number of methoxy groups -OCH3 is 1. The van der Waals surface area contributed by atoms with E-state index in [0.717, 1.165) is 30.0 Å². The molecule has 0 radical (unpaired) electrons. The van der Waals surface area contributed by atoms with Crippen molar-refractivity contribution < 1.29 is 14.0 Å². The fraction of sp³-hybridized carbons (Fsp3) is 0.312. The van der Waals surface area contributed by atoms with Gasteiger partial charge in [-0.25, -0.2) is 4.68 Å². The monoisotopic (exact) mass is 312 g/mol. The maximum atomic E-state index is 5.37. The molecule has 23 heavy (non-hydrogen) atoms. The van der Waals surface area contributed by atoms with Crippen molar-refractivity contribution in [1.29, 1.82) is 0 Å². The van der Waals surface area contributed by atoms with Gasteiger partial charge in [0.15, 0.2) is 5.82 Å². The van der Waals surface area contributed by atoms with Crippen molar-refractivity contribution in [3.63, 3.8) is 0 Å². The molecule has 3 heterocycles. The fourth-order valence-corrected chi connectivity index (χ4v) is 2.64. The van der Waals surface area contributed by atoms with Crippen molar-refractivity contribution >= 4 is 0 Å². The second-order valence-electron chi connectivity index (χ2n) is 5.36. The summed E-state index contributed by atoms with van der Waals surface area (Å²) in [5.74, 6) is 2.13. The number of ether oxygens (including phenoxy) is 2. The Morgan fingerprint density at radius 1 is 1.30 bits per heavy atom. The predicted octanol–water partition coefficient (Wildman–Crippen LogP) is 2.43. The van der Waals surface area contributed by atoms with Crippen molar-refractivity contribution in [3.05, 3.63) is 42.5 Å². The van der Waals surface area contributed by atoms with Crippen LogP contribution < -0.4 is 4.74 Å². The Kier molecular flexibility index (Phi) is 3.55. The van der Waals surface area contributed by atoms with Crippen LogP contribution in [0.2, 0.25) is 0 Å². The Balaban J connectivity index is 1.63. The first-order chi connectivity index (χ1) is 11.3. The van der Waals surface area contributed by atoms with Gasteiger partial charge in [0.25, 0.3) is 5.89 Å². The number of rotatable bonds is 4. The molecule has 0 saturated carbocycles. The lowest BCUT2D eigenvalue weighted by Crippen LogP contribution is -1.99. The van der Waals surface area contributed by atoms with Crippen LogP contribution in [-0.4, -0.2) is 40.2 Å². The summed E-state index contributed by atoms with van der Waals surface area (Å²) < 4.78 is 17.8. The minimum atomic E-state index is 0.219. The van der Waals surface area contributed by atoms with E-state index in [0.29, 0.717) is 18.3 Å². The van der Waals surface area contributed by atoms with Gasteiger partial charge in [0, 0.05) is 18.7 Å². The molecule has 118 valence electrons. The molecular formula is C16H16N4O3. The zero-order chi connectivity index (χ0) is 15.6. The number of para-hydroxylation sites is 2. The van der Waals surface area contributed by atoms with Gasteiger partial charge in [-0.05, 0) is 18.6 Å². The van der Waals surface area contributed by atoms with Crippen LogP contribution in [0.1, 0.15) is 18.2 Å². The molecule has 1 aromatic carbocycles. The number of hydrogen-bond donors (Lipinski definition) is 0. The first-order valence-electron chi connectivity index (χ1n) is 7.45. The summed E-state index contributed by atoms with van der Waals surface area (Å²) in [5, 5.41) is 8.42. The number of aromatic nitrogens is 4. The SMILES string of the molecule is COc1ccccc1-n1cc(-c2nc(C3CCOC3)no2)cn1. The Morgan fingerprint density at radius 2 is 2.22 bits per heavy atom. The third kappa shape index (κ3) is 2.59. The smallest absolute Gasteiger partial charge is 0.261 e. The molecule has 0 amide bonds. The van der Waals surface area contributed by atoms with Crippen molar-refractivity contribution in [3.8, 4) is 22.9 Å². The molecule has 7 nitrogen and oxygen atoms in total. The maximum Gasteiger partial charge on any atom is 0.261 e. The molecule has 1 aliphatic heterocycles. The molecule has 1 atom stereocenters.